The van der Waals surface area contributed by atoms with E-state index in [0.29, 0.717) is 18.2 Å². The van der Waals surface area contributed by atoms with Crippen LogP contribution in [-0.2, 0) is 4.74 Å². The highest BCUT2D eigenvalue weighted by Crippen LogP contribution is 2.43. The van der Waals surface area contributed by atoms with Gasteiger partial charge in [0.1, 0.15) is 0 Å². The molecule has 4 rings (SSSR count). The zero-order valence-corrected chi connectivity index (χ0v) is 11.2. The smallest absolute Gasteiger partial charge is 0.178 e. The van der Waals surface area contributed by atoms with Crippen LogP contribution < -0.4 is 0 Å². The molecule has 2 aliphatic rings. The molecule has 0 amide bonds. The van der Waals surface area contributed by atoms with E-state index in [1.165, 1.54) is 29.4 Å². The lowest BCUT2D eigenvalue weighted by Gasteiger charge is -2.21. The number of rotatable bonds is 1. The van der Waals surface area contributed by atoms with Gasteiger partial charge < -0.3 is 14.3 Å². The number of nitrogens with zero attached hydrogens (tertiary/aromatic N) is 1. The fourth-order valence-corrected chi connectivity index (χ4v) is 3.84. The molecule has 3 nitrogen and oxygen atoms in total. The number of H-pyrrole nitrogens is 1. The van der Waals surface area contributed by atoms with Crippen molar-refractivity contribution in [3.63, 3.8) is 0 Å². The Labute approximate surface area is 111 Å². The highest BCUT2D eigenvalue weighted by Gasteiger charge is 2.42. The number of hydrogen-bond donors (Lipinski definition) is 1. The molecule has 18 heavy (non-hydrogen) atoms. The molecule has 3 unspecified atom stereocenters. The molecule has 1 aromatic heterocycles. The Hall–Kier alpha value is -1.13. The predicted octanol–water partition coefficient (Wildman–Crippen LogP) is 3.50. The lowest BCUT2D eigenvalue weighted by molar-refractivity contribution is 0.0941. The molecule has 0 saturated carbocycles. The highest BCUT2D eigenvalue weighted by molar-refractivity contribution is 7.71. The first-order valence-electron chi connectivity index (χ1n) is 6.59. The van der Waals surface area contributed by atoms with Crippen molar-refractivity contribution >= 4 is 23.3 Å². The molecule has 2 bridgehead atoms. The summed E-state index contributed by atoms with van der Waals surface area (Å²) in [6.45, 7) is 2.12. The summed E-state index contributed by atoms with van der Waals surface area (Å²) in [6.07, 6.45) is 4.32. The van der Waals surface area contributed by atoms with Crippen molar-refractivity contribution in [2.45, 2.75) is 44.4 Å². The third kappa shape index (κ3) is 1.36. The van der Waals surface area contributed by atoms with E-state index in [9.17, 15) is 0 Å². The summed E-state index contributed by atoms with van der Waals surface area (Å²) in [7, 11) is 0. The normalized spacial score (nSPS) is 30.4. The molecule has 4 heteroatoms. The zero-order valence-electron chi connectivity index (χ0n) is 10.3. The quantitative estimate of drug-likeness (QED) is 0.795. The van der Waals surface area contributed by atoms with Gasteiger partial charge in [0.05, 0.1) is 29.3 Å². The number of para-hydroxylation sites is 1. The lowest BCUT2D eigenvalue weighted by atomic mass is 9.95. The molecule has 0 aliphatic carbocycles. The second-order valence-electron chi connectivity index (χ2n) is 5.45. The van der Waals surface area contributed by atoms with Crippen LogP contribution in [0.1, 0.15) is 30.9 Å². The first kappa shape index (κ1) is 10.8. The Morgan fingerprint density at radius 3 is 3.00 bits per heavy atom. The van der Waals surface area contributed by atoms with Crippen molar-refractivity contribution in [1.82, 2.24) is 9.55 Å². The van der Waals surface area contributed by atoms with E-state index >= 15 is 0 Å². The van der Waals surface area contributed by atoms with Crippen molar-refractivity contribution in [2.24, 2.45) is 0 Å². The van der Waals surface area contributed by atoms with Gasteiger partial charge in [-0.2, -0.15) is 0 Å². The molecule has 1 aromatic carbocycles. The van der Waals surface area contributed by atoms with E-state index < -0.39 is 0 Å². The molecule has 3 atom stereocenters. The average molecular weight is 260 g/mol. The van der Waals surface area contributed by atoms with Crippen LogP contribution in [0, 0.1) is 11.7 Å². The second kappa shape index (κ2) is 3.68. The van der Waals surface area contributed by atoms with E-state index in [1.54, 1.807) is 0 Å². The standard InChI is InChI=1S/C14H16N2OS/c1-8-3-2-4-10-13(8)15-14(18)16(10)11-7-9-5-6-12(11)17-9/h2-4,9,11-12H,5-7H2,1H3,(H,15,18). The van der Waals surface area contributed by atoms with Crippen molar-refractivity contribution in [3.8, 4) is 0 Å². The van der Waals surface area contributed by atoms with Crippen LogP contribution in [0.25, 0.3) is 11.0 Å². The van der Waals surface area contributed by atoms with Crippen molar-refractivity contribution in [1.29, 1.82) is 0 Å². The lowest BCUT2D eigenvalue weighted by Crippen LogP contribution is -2.20. The summed E-state index contributed by atoms with van der Waals surface area (Å²) in [5, 5.41) is 0. The fourth-order valence-electron chi connectivity index (χ4n) is 3.50. The minimum absolute atomic E-state index is 0.362. The van der Waals surface area contributed by atoms with Crippen LogP contribution in [0.4, 0.5) is 0 Å². The number of fused-ring (bicyclic) bond motifs is 3. The van der Waals surface area contributed by atoms with Gasteiger partial charge >= 0.3 is 0 Å². The third-order valence-electron chi connectivity index (χ3n) is 4.37. The maximum Gasteiger partial charge on any atom is 0.178 e. The van der Waals surface area contributed by atoms with E-state index in [0.717, 1.165) is 11.2 Å². The molecule has 0 spiro atoms. The van der Waals surface area contributed by atoms with Crippen molar-refractivity contribution in [3.05, 3.63) is 28.5 Å². The van der Waals surface area contributed by atoms with E-state index in [-0.39, 0.29) is 0 Å². The molecule has 0 radical (unpaired) electrons. The Morgan fingerprint density at radius 1 is 1.39 bits per heavy atom. The van der Waals surface area contributed by atoms with Gasteiger partial charge in [-0.1, -0.05) is 12.1 Å². The average Bonchev–Trinajstić information content (AvgIpc) is 3.02. The number of hydrogen-bond acceptors (Lipinski definition) is 2. The molecule has 2 aromatic rings. The zero-order chi connectivity index (χ0) is 12.3. The molecule has 94 valence electrons. The number of aryl methyl sites for hydroxylation is 1. The number of imidazole rings is 1. The van der Waals surface area contributed by atoms with Gasteiger partial charge in [0.2, 0.25) is 0 Å². The Kier molecular flexibility index (Phi) is 2.20. The number of aromatic amines is 1. The predicted molar refractivity (Wildman–Crippen MR) is 73.4 cm³/mol. The van der Waals surface area contributed by atoms with Crippen LogP contribution in [0.5, 0.6) is 0 Å². The summed E-state index contributed by atoms with van der Waals surface area (Å²) < 4.78 is 9.07. The van der Waals surface area contributed by atoms with Crippen molar-refractivity contribution < 1.29 is 4.74 Å². The van der Waals surface area contributed by atoms with Gasteiger partial charge in [0.15, 0.2) is 4.77 Å². The summed E-state index contributed by atoms with van der Waals surface area (Å²) >= 11 is 5.52. The van der Waals surface area contributed by atoms with Crippen LogP contribution >= 0.6 is 12.2 Å². The third-order valence-corrected chi connectivity index (χ3v) is 4.67. The molecule has 2 aliphatic heterocycles. The van der Waals surface area contributed by atoms with Gasteiger partial charge in [-0.25, -0.2) is 0 Å². The van der Waals surface area contributed by atoms with Crippen LogP contribution in [0.3, 0.4) is 0 Å². The number of aromatic nitrogens is 2. The second-order valence-corrected chi connectivity index (χ2v) is 5.83. The van der Waals surface area contributed by atoms with Crippen LogP contribution in [-0.4, -0.2) is 21.8 Å². The number of nitrogens with one attached hydrogen (secondary N) is 1. The first-order valence-corrected chi connectivity index (χ1v) is 7.00. The molecular weight excluding hydrogens is 244 g/mol. The van der Waals surface area contributed by atoms with E-state index in [2.05, 4.69) is 34.7 Å². The largest absolute Gasteiger partial charge is 0.373 e. The summed E-state index contributed by atoms with van der Waals surface area (Å²) in [5.74, 6) is 0. The van der Waals surface area contributed by atoms with E-state index in [1.807, 2.05) is 0 Å². The van der Waals surface area contributed by atoms with Crippen LogP contribution in [0.2, 0.25) is 0 Å². The van der Waals surface area contributed by atoms with Gasteiger partial charge in [-0.15, -0.1) is 0 Å². The summed E-state index contributed by atoms with van der Waals surface area (Å²) in [6, 6.07) is 6.80. The van der Waals surface area contributed by atoms with E-state index in [4.69, 9.17) is 17.0 Å². The number of ether oxygens (including phenoxy) is 1. The highest BCUT2D eigenvalue weighted by atomic mass is 32.1. The number of benzene rings is 1. The minimum atomic E-state index is 0.362. The Bertz CT molecular complexity index is 672. The fraction of sp³-hybridized carbons (Fsp3) is 0.500. The van der Waals surface area contributed by atoms with Gasteiger partial charge in [0.25, 0.3) is 0 Å². The SMILES string of the molecule is Cc1cccc2c1[nH]c(=S)n2C1CC2CCC1O2. The van der Waals surface area contributed by atoms with Gasteiger partial charge in [-0.05, 0) is 50.0 Å². The van der Waals surface area contributed by atoms with Gasteiger partial charge in [0, 0.05) is 0 Å². The monoisotopic (exact) mass is 260 g/mol. The molecule has 1 N–H and O–H groups in total. The van der Waals surface area contributed by atoms with Crippen molar-refractivity contribution in [2.75, 3.05) is 0 Å². The molecule has 2 fully saturated rings. The molecular formula is C14H16N2OS. The molecule has 3 heterocycles. The molecule has 2 saturated heterocycles. The minimum Gasteiger partial charge on any atom is -0.373 e. The topological polar surface area (TPSA) is 29.9 Å². The van der Waals surface area contributed by atoms with Gasteiger partial charge in [-0.3, -0.25) is 0 Å². The Balaban J connectivity index is 1.92. The van der Waals surface area contributed by atoms with Crippen LogP contribution in [0.15, 0.2) is 18.2 Å². The maximum atomic E-state index is 5.96. The maximum absolute atomic E-state index is 5.96. The summed E-state index contributed by atoms with van der Waals surface area (Å²) in [5.41, 5.74) is 3.65. The summed E-state index contributed by atoms with van der Waals surface area (Å²) in [4.78, 5) is 3.35. The first-order chi connectivity index (χ1) is 8.74. The Morgan fingerprint density at radius 2 is 2.28 bits per heavy atom.